The summed E-state index contributed by atoms with van der Waals surface area (Å²) in [6.07, 6.45) is 4.14. The van der Waals surface area contributed by atoms with Crippen LogP contribution in [-0.4, -0.2) is 49.8 Å². The molecular weight excluding hydrogens is 444 g/mol. The van der Waals surface area contributed by atoms with Crippen LogP contribution in [0.3, 0.4) is 0 Å². The van der Waals surface area contributed by atoms with Gasteiger partial charge in [-0.15, -0.1) is 0 Å². The second-order valence-corrected chi connectivity index (χ2v) is 11.4. The summed E-state index contributed by atoms with van der Waals surface area (Å²) in [6, 6.07) is 10.5. The lowest BCUT2D eigenvalue weighted by molar-refractivity contribution is 0.102. The molecule has 3 heterocycles. The topological polar surface area (TPSA) is 82.6 Å². The molecule has 0 radical (unpaired) electrons. The Morgan fingerprint density at radius 1 is 1.00 bits per heavy atom. The molecule has 0 aliphatic carbocycles. The first-order valence-electron chi connectivity index (χ1n) is 11.0. The molecule has 0 unspecified atom stereocenters. The quantitative estimate of drug-likeness (QED) is 0.603. The number of aromatic nitrogens is 1. The van der Waals surface area contributed by atoms with Gasteiger partial charge in [0.1, 0.15) is 0 Å². The van der Waals surface area contributed by atoms with Gasteiger partial charge in [0.05, 0.1) is 15.1 Å². The van der Waals surface area contributed by atoms with Crippen LogP contribution >= 0.6 is 11.3 Å². The lowest BCUT2D eigenvalue weighted by atomic mass is 10.1. The Bertz CT molecular complexity index is 1270. The predicted molar refractivity (Wildman–Crippen MR) is 128 cm³/mol. The number of carbonyl (C=O) groups excluding carboxylic acids is 1. The number of carbonyl (C=O) groups is 1. The molecule has 2 aliphatic rings. The zero-order valence-corrected chi connectivity index (χ0v) is 19.6. The van der Waals surface area contributed by atoms with E-state index in [4.69, 9.17) is 4.98 Å². The molecule has 2 aliphatic heterocycles. The maximum absolute atomic E-state index is 13.0. The van der Waals surface area contributed by atoms with Crippen LogP contribution in [0.2, 0.25) is 0 Å². The number of nitrogens with zero attached hydrogens (tertiary/aromatic N) is 3. The number of sulfonamides is 1. The van der Waals surface area contributed by atoms with Gasteiger partial charge in [-0.1, -0.05) is 17.4 Å². The Morgan fingerprint density at radius 3 is 2.47 bits per heavy atom. The van der Waals surface area contributed by atoms with Crippen molar-refractivity contribution in [2.75, 3.05) is 36.4 Å². The van der Waals surface area contributed by atoms with Crippen LogP contribution < -0.4 is 10.2 Å². The molecule has 2 fully saturated rings. The number of thiazole rings is 1. The average molecular weight is 471 g/mol. The van der Waals surface area contributed by atoms with Crippen LogP contribution in [0.4, 0.5) is 10.8 Å². The number of hydrogen-bond acceptors (Lipinski definition) is 6. The zero-order valence-electron chi connectivity index (χ0n) is 18.0. The highest BCUT2D eigenvalue weighted by Gasteiger charge is 2.28. The van der Waals surface area contributed by atoms with E-state index in [0.717, 1.165) is 46.8 Å². The summed E-state index contributed by atoms with van der Waals surface area (Å²) in [5.74, 6) is -0.315. The minimum absolute atomic E-state index is 0.170. The molecule has 7 nitrogen and oxygen atoms in total. The van der Waals surface area contributed by atoms with Crippen LogP contribution in [0.5, 0.6) is 0 Å². The molecule has 0 spiro atoms. The Kier molecular flexibility index (Phi) is 5.65. The largest absolute Gasteiger partial charge is 0.348 e. The van der Waals surface area contributed by atoms with Gasteiger partial charge in [0, 0.05) is 37.4 Å². The van der Waals surface area contributed by atoms with Crippen LogP contribution in [-0.2, 0) is 10.0 Å². The highest BCUT2D eigenvalue weighted by atomic mass is 32.2. The van der Waals surface area contributed by atoms with Crippen molar-refractivity contribution in [1.82, 2.24) is 9.29 Å². The van der Waals surface area contributed by atoms with E-state index < -0.39 is 10.0 Å². The third kappa shape index (κ3) is 4.00. The van der Waals surface area contributed by atoms with E-state index in [1.165, 1.54) is 23.2 Å². The molecule has 0 bridgehead atoms. The highest BCUT2D eigenvalue weighted by molar-refractivity contribution is 7.89. The lowest BCUT2D eigenvalue weighted by Gasteiger charge is -2.17. The van der Waals surface area contributed by atoms with Crippen molar-refractivity contribution in [3.63, 3.8) is 0 Å². The van der Waals surface area contributed by atoms with Gasteiger partial charge in [-0.05, 0) is 68.5 Å². The van der Waals surface area contributed by atoms with Gasteiger partial charge in [-0.3, -0.25) is 4.79 Å². The number of amides is 1. The monoisotopic (exact) mass is 470 g/mol. The first kappa shape index (κ1) is 21.4. The number of fused-ring (bicyclic) bond motifs is 1. The summed E-state index contributed by atoms with van der Waals surface area (Å²) in [6.45, 7) is 4.96. The van der Waals surface area contributed by atoms with Crippen LogP contribution in [0.25, 0.3) is 10.2 Å². The van der Waals surface area contributed by atoms with Crippen molar-refractivity contribution >= 4 is 48.3 Å². The van der Waals surface area contributed by atoms with Gasteiger partial charge in [0.2, 0.25) is 10.0 Å². The maximum atomic E-state index is 13.0. The van der Waals surface area contributed by atoms with Gasteiger partial charge in [0.15, 0.2) is 5.13 Å². The molecule has 0 saturated carbocycles. The lowest BCUT2D eigenvalue weighted by Crippen LogP contribution is -2.28. The summed E-state index contributed by atoms with van der Waals surface area (Å²) >= 11 is 1.63. The molecule has 168 valence electrons. The molecule has 1 N–H and O–H groups in total. The van der Waals surface area contributed by atoms with Gasteiger partial charge in [-0.2, -0.15) is 4.31 Å². The standard InChI is InChI=1S/C23H26N4O3S2/c1-16-6-8-18(32(29,30)27-12-4-5-13-27)15-19(16)22(28)24-17-7-9-20-21(14-17)31-23(25-20)26-10-2-3-11-26/h6-9,14-15H,2-5,10-13H2,1H3,(H,24,28). The Labute approximate surface area is 192 Å². The molecule has 2 aromatic carbocycles. The summed E-state index contributed by atoms with van der Waals surface area (Å²) in [4.78, 5) is 20.2. The number of anilines is 2. The first-order chi connectivity index (χ1) is 15.4. The van der Waals surface area contributed by atoms with Gasteiger partial charge < -0.3 is 10.2 Å². The van der Waals surface area contributed by atoms with Crippen molar-refractivity contribution in [1.29, 1.82) is 0 Å². The maximum Gasteiger partial charge on any atom is 0.255 e. The number of benzene rings is 2. The van der Waals surface area contributed by atoms with Gasteiger partial charge in [0.25, 0.3) is 5.91 Å². The molecule has 9 heteroatoms. The summed E-state index contributed by atoms with van der Waals surface area (Å²) in [7, 11) is -3.58. The van der Waals surface area contributed by atoms with E-state index in [-0.39, 0.29) is 10.8 Å². The predicted octanol–water partition coefficient (Wildman–Crippen LogP) is 4.24. The minimum Gasteiger partial charge on any atom is -0.348 e. The first-order valence-corrected chi connectivity index (χ1v) is 13.3. The zero-order chi connectivity index (χ0) is 22.3. The van der Waals surface area contributed by atoms with Crippen molar-refractivity contribution in [3.8, 4) is 0 Å². The van der Waals surface area contributed by atoms with Crippen molar-refractivity contribution in [3.05, 3.63) is 47.5 Å². The Balaban J connectivity index is 1.39. The van der Waals surface area contributed by atoms with Crippen LogP contribution in [0, 0.1) is 6.92 Å². The van der Waals surface area contributed by atoms with E-state index in [1.807, 2.05) is 25.1 Å². The van der Waals surface area contributed by atoms with E-state index in [1.54, 1.807) is 23.5 Å². The summed E-state index contributed by atoms with van der Waals surface area (Å²) < 4.78 is 28.4. The fraction of sp³-hybridized carbons (Fsp3) is 0.391. The van der Waals surface area contributed by atoms with E-state index in [2.05, 4.69) is 10.2 Å². The number of rotatable bonds is 5. The van der Waals surface area contributed by atoms with Crippen molar-refractivity contribution < 1.29 is 13.2 Å². The molecule has 0 atom stereocenters. The fourth-order valence-corrected chi connectivity index (χ4v) is 6.92. The second-order valence-electron chi connectivity index (χ2n) is 8.42. The molecular formula is C23H26N4O3S2. The van der Waals surface area contributed by atoms with E-state index in [9.17, 15) is 13.2 Å². The molecule has 3 aromatic rings. The second kappa shape index (κ2) is 8.46. The molecule has 5 rings (SSSR count). The van der Waals surface area contributed by atoms with Gasteiger partial charge in [-0.25, -0.2) is 13.4 Å². The Hall–Kier alpha value is -2.49. The average Bonchev–Trinajstić information content (AvgIpc) is 3.55. The third-order valence-corrected chi connectivity index (χ3v) is 9.14. The van der Waals surface area contributed by atoms with Crippen LogP contribution in [0.15, 0.2) is 41.3 Å². The van der Waals surface area contributed by atoms with Crippen molar-refractivity contribution in [2.24, 2.45) is 0 Å². The van der Waals surface area contributed by atoms with E-state index in [0.29, 0.717) is 24.3 Å². The smallest absolute Gasteiger partial charge is 0.255 e. The van der Waals surface area contributed by atoms with E-state index >= 15 is 0 Å². The molecule has 1 amide bonds. The third-order valence-electron chi connectivity index (χ3n) is 6.17. The number of hydrogen-bond donors (Lipinski definition) is 1. The Morgan fingerprint density at radius 2 is 1.72 bits per heavy atom. The summed E-state index contributed by atoms with van der Waals surface area (Å²) in [5, 5.41) is 3.96. The van der Waals surface area contributed by atoms with Crippen molar-refractivity contribution in [2.45, 2.75) is 37.5 Å². The number of aryl methyl sites for hydroxylation is 1. The van der Waals surface area contributed by atoms with Gasteiger partial charge >= 0.3 is 0 Å². The molecule has 1 aromatic heterocycles. The molecule has 32 heavy (non-hydrogen) atoms. The molecule has 2 saturated heterocycles. The SMILES string of the molecule is Cc1ccc(S(=O)(=O)N2CCCC2)cc1C(=O)Nc1ccc2nc(N3CCCC3)sc2c1. The minimum atomic E-state index is -3.58. The normalized spacial score (nSPS) is 17.3. The summed E-state index contributed by atoms with van der Waals surface area (Å²) in [5.41, 5.74) is 2.70. The van der Waals surface area contributed by atoms with Crippen LogP contribution in [0.1, 0.15) is 41.6 Å². The highest BCUT2D eigenvalue weighted by Crippen LogP contribution is 2.32. The number of nitrogens with one attached hydrogen (secondary N) is 1. The fourth-order valence-electron chi connectivity index (χ4n) is 4.32.